The first-order chi connectivity index (χ1) is 11.7. The second-order valence-corrected chi connectivity index (χ2v) is 5.28. The second-order valence-electron chi connectivity index (χ2n) is 5.28. The van der Waals surface area contributed by atoms with Gasteiger partial charge in [0.25, 0.3) is 5.91 Å². The summed E-state index contributed by atoms with van der Waals surface area (Å²) < 4.78 is 1.79. The molecular formula is C17H18N6O. The van der Waals surface area contributed by atoms with Crippen LogP contribution in [0.1, 0.15) is 16.1 Å². The van der Waals surface area contributed by atoms with E-state index >= 15 is 0 Å². The van der Waals surface area contributed by atoms with Gasteiger partial charge in [0.15, 0.2) is 5.69 Å². The maximum atomic E-state index is 11.5. The van der Waals surface area contributed by atoms with Crippen molar-refractivity contribution in [1.82, 2.24) is 25.3 Å². The maximum Gasteiger partial charge on any atom is 0.271 e. The van der Waals surface area contributed by atoms with Crippen LogP contribution in [0, 0.1) is 0 Å². The van der Waals surface area contributed by atoms with E-state index in [4.69, 9.17) is 0 Å². The zero-order chi connectivity index (χ0) is 16.9. The molecule has 0 aliphatic carbocycles. The lowest BCUT2D eigenvalue weighted by Gasteiger charge is -2.06. The van der Waals surface area contributed by atoms with Gasteiger partial charge < -0.3 is 10.6 Å². The lowest BCUT2D eigenvalue weighted by atomic mass is 10.1. The van der Waals surface area contributed by atoms with Crippen molar-refractivity contribution >= 4 is 11.7 Å². The molecule has 2 heterocycles. The lowest BCUT2D eigenvalue weighted by molar-refractivity contribution is 0.0957. The van der Waals surface area contributed by atoms with Gasteiger partial charge in [-0.1, -0.05) is 30.3 Å². The van der Waals surface area contributed by atoms with Crippen LogP contribution >= 0.6 is 0 Å². The normalized spacial score (nSPS) is 10.4. The van der Waals surface area contributed by atoms with E-state index in [0.29, 0.717) is 12.4 Å². The fourth-order valence-electron chi connectivity index (χ4n) is 2.37. The Bertz CT molecular complexity index is 826. The highest BCUT2D eigenvalue weighted by molar-refractivity contribution is 5.91. The third-order valence-electron chi connectivity index (χ3n) is 3.54. The molecule has 2 aromatic heterocycles. The number of aryl methyl sites for hydroxylation is 1. The summed E-state index contributed by atoms with van der Waals surface area (Å²) in [7, 11) is 3.46. The molecule has 7 heteroatoms. The van der Waals surface area contributed by atoms with E-state index in [1.165, 1.54) is 0 Å². The SMILES string of the molecule is CNC(=O)c1ccc(NCc2cn(C)nc2-c2ccccc2)nn1. The van der Waals surface area contributed by atoms with Gasteiger partial charge in [-0.05, 0) is 12.1 Å². The molecule has 0 atom stereocenters. The summed E-state index contributed by atoms with van der Waals surface area (Å²) in [4.78, 5) is 11.5. The van der Waals surface area contributed by atoms with E-state index in [-0.39, 0.29) is 11.6 Å². The number of aromatic nitrogens is 4. The Balaban J connectivity index is 1.74. The summed E-state index contributed by atoms with van der Waals surface area (Å²) >= 11 is 0. The van der Waals surface area contributed by atoms with Crippen LogP contribution < -0.4 is 10.6 Å². The van der Waals surface area contributed by atoms with Gasteiger partial charge >= 0.3 is 0 Å². The molecule has 0 saturated heterocycles. The monoisotopic (exact) mass is 322 g/mol. The molecule has 0 fully saturated rings. The van der Waals surface area contributed by atoms with Crippen molar-refractivity contribution in [1.29, 1.82) is 0 Å². The van der Waals surface area contributed by atoms with E-state index in [1.807, 2.05) is 43.6 Å². The minimum absolute atomic E-state index is 0.257. The molecule has 0 spiro atoms. The average molecular weight is 322 g/mol. The number of carbonyl (C=O) groups is 1. The lowest BCUT2D eigenvalue weighted by Crippen LogP contribution is -2.19. The summed E-state index contributed by atoms with van der Waals surface area (Å²) in [6.45, 7) is 0.562. The fourth-order valence-corrected chi connectivity index (χ4v) is 2.37. The number of anilines is 1. The standard InChI is InChI=1S/C17H18N6O/c1-18-17(24)14-8-9-15(21-20-14)19-10-13-11-23(2)22-16(13)12-6-4-3-5-7-12/h3-9,11H,10H2,1-2H3,(H,18,24)(H,19,21). The number of nitrogens with zero attached hydrogens (tertiary/aromatic N) is 4. The first-order valence-electron chi connectivity index (χ1n) is 7.55. The number of carbonyl (C=O) groups excluding carboxylic acids is 1. The van der Waals surface area contributed by atoms with Gasteiger partial charge in [0.1, 0.15) is 5.82 Å². The molecule has 122 valence electrons. The van der Waals surface area contributed by atoms with Crippen LogP contribution in [0.3, 0.4) is 0 Å². The number of hydrogen-bond acceptors (Lipinski definition) is 5. The van der Waals surface area contributed by atoms with Crippen molar-refractivity contribution in [2.75, 3.05) is 12.4 Å². The zero-order valence-electron chi connectivity index (χ0n) is 13.5. The molecule has 0 unspecified atom stereocenters. The number of amides is 1. The van der Waals surface area contributed by atoms with Crippen LogP contribution in [0.4, 0.5) is 5.82 Å². The van der Waals surface area contributed by atoms with E-state index < -0.39 is 0 Å². The van der Waals surface area contributed by atoms with E-state index in [9.17, 15) is 4.79 Å². The van der Waals surface area contributed by atoms with Crippen LogP contribution in [0.5, 0.6) is 0 Å². The molecular weight excluding hydrogens is 304 g/mol. The van der Waals surface area contributed by atoms with Gasteiger partial charge in [0, 0.05) is 38.0 Å². The molecule has 1 aromatic carbocycles. The predicted octanol–water partition coefficient (Wildman–Crippen LogP) is 1.85. The fraction of sp³-hybridized carbons (Fsp3) is 0.176. The summed E-state index contributed by atoms with van der Waals surface area (Å²) in [5.74, 6) is 0.346. The summed E-state index contributed by atoms with van der Waals surface area (Å²) in [5, 5.41) is 18.2. The molecule has 0 aliphatic rings. The first kappa shape index (κ1) is 15.7. The van der Waals surface area contributed by atoms with E-state index in [2.05, 4.69) is 25.9 Å². The Morgan fingerprint density at radius 3 is 2.58 bits per heavy atom. The van der Waals surface area contributed by atoms with Gasteiger partial charge in [-0.3, -0.25) is 9.48 Å². The van der Waals surface area contributed by atoms with Crippen LogP contribution in [0.15, 0.2) is 48.7 Å². The van der Waals surface area contributed by atoms with Gasteiger partial charge in [-0.2, -0.15) is 5.10 Å². The van der Waals surface area contributed by atoms with Crippen LogP contribution in [0.25, 0.3) is 11.3 Å². The Morgan fingerprint density at radius 2 is 1.92 bits per heavy atom. The van der Waals surface area contributed by atoms with Crippen LogP contribution in [-0.4, -0.2) is 32.9 Å². The number of hydrogen-bond donors (Lipinski definition) is 2. The van der Waals surface area contributed by atoms with E-state index in [0.717, 1.165) is 16.8 Å². The molecule has 0 aliphatic heterocycles. The topological polar surface area (TPSA) is 84.7 Å². The average Bonchev–Trinajstić information content (AvgIpc) is 3.01. The van der Waals surface area contributed by atoms with Crippen molar-refractivity contribution in [3.8, 4) is 11.3 Å². The highest BCUT2D eigenvalue weighted by Crippen LogP contribution is 2.22. The van der Waals surface area contributed by atoms with Crippen molar-refractivity contribution in [3.63, 3.8) is 0 Å². The molecule has 2 N–H and O–H groups in total. The van der Waals surface area contributed by atoms with Gasteiger partial charge in [0.2, 0.25) is 0 Å². The van der Waals surface area contributed by atoms with Crippen LogP contribution in [-0.2, 0) is 13.6 Å². The Morgan fingerprint density at radius 1 is 1.12 bits per heavy atom. The van der Waals surface area contributed by atoms with Gasteiger partial charge in [0.05, 0.1) is 5.69 Å². The smallest absolute Gasteiger partial charge is 0.271 e. The zero-order valence-corrected chi connectivity index (χ0v) is 13.5. The predicted molar refractivity (Wildman–Crippen MR) is 91.4 cm³/mol. The Labute approximate surface area is 139 Å². The first-order valence-corrected chi connectivity index (χ1v) is 7.55. The van der Waals surface area contributed by atoms with Crippen molar-refractivity contribution in [2.45, 2.75) is 6.54 Å². The molecule has 3 aromatic rings. The van der Waals surface area contributed by atoms with Crippen molar-refractivity contribution in [2.24, 2.45) is 7.05 Å². The Kier molecular flexibility index (Phi) is 4.51. The number of nitrogens with one attached hydrogen (secondary N) is 2. The molecule has 3 rings (SSSR count). The third-order valence-corrected chi connectivity index (χ3v) is 3.54. The molecule has 0 radical (unpaired) electrons. The summed E-state index contributed by atoms with van der Waals surface area (Å²) in [6, 6.07) is 13.4. The van der Waals surface area contributed by atoms with Gasteiger partial charge in [-0.15, -0.1) is 10.2 Å². The minimum Gasteiger partial charge on any atom is -0.364 e. The Hall–Kier alpha value is -3.22. The van der Waals surface area contributed by atoms with Crippen LogP contribution in [0.2, 0.25) is 0 Å². The third kappa shape index (κ3) is 3.40. The molecule has 0 bridgehead atoms. The second kappa shape index (κ2) is 6.91. The highest BCUT2D eigenvalue weighted by Gasteiger charge is 2.10. The van der Waals surface area contributed by atoms with Crippen molar-refractivity contribution in [3.05, 3.63) is 59.9 Å². The summed E-state index contributed by atoms with van der Waals surface area (Å²) in [5.41, 5.74) is 3.34. The molecule has 1 amide bonds. The van der Waals surface area contributed by atoms with Crippen molar-refractivity contribution < 1.29 is 4.79 Å². The quantitative estimate of drug-likeness (QED) is 0.749. The minimum atomic E-state index is -0.257. The molecule has 7 nitrogen and oxygen atoms in total. The molecule has 24 heavy (non-hydrogen) atoms. The number of benzene rings is 1. The maximum absolute atomic E-state index is 11.5. The van der Waals surface area contributed by atoms with E-state index in [1.54, 1.807) is 23.9 Å². The molecule has 0 saturated carbocycles. The number of rotatable bonds is 5. The largest absolute Gasteiger partial charge is 0.364 e. The highest BCUT2D eigenvalue weighted by atomic mass is 16.1. The summed E-state index contributed by atoms with van der Waals surface area (Å²) in [6.07, 6.45) is 1.97. The van der Waals surface area contributed by atoms with Gasteiger partial charge in [-0.25, -0.2) is 0 Å².